The quantitative estimate of drug-likeness (QED) is 0.657. The molecular weight excluding hydrogens is 314 g/mol. The second-order valence-corrected chi connectivity index (χ2v) is 5.33. The number of aromatic hydroxyl groups is 1. The summed E-state index contributed by atoms with van der Waals surface area (Å²) in [6.07, 6.45) is 0. The summed E-state index contributed by atoms with van der Waals surface area (Å²) in [5.74, 6) is -0.418. The molecule has 1 aromatic carbocycles. The van der Waals surface area contributed by atoms with Crippen LogP contribution in [0.5, 0.6) is 17.2 Å². The monoisotopic (exact) mass is 333 g/mol. The third-order valence-corrected chi connectivity index (χ3v) is 3.83. The number of aliphatic hydroxyl groups is 1. The Labute approximate surface area is 138 Å². The van der Waals surface area contributed by atoms with Crippen LogP contribution >= 0.6 is 0 Å². The summed E-state index contributed by atoms with van der Waals surface area (Å²) in [4.78, 5) is 24.3. The van der Waals surface area contributed by atoms with Crippen LogP contribution in [0.15, 0.2) is 22.7 Å². The number of hydrogen-bond acceptors (Lipinski definition) is 6. The molecule has 0 unspecified atom stereocenters. The van der Waals surface area contributed by atoms with Crippen molar-refractivity contribution in [3.63, 3.8) is 0 Å². The summed E-state index contributed by atoms with van der Waals surface area (Å²) in [6.45, 7) is 2.65. The number of ketones is 1. The molecule has 1 heterocycles. The van der Waals surface area contributed by atoms with E-state index >= 15 is 0 Å². The standard InChI is InChI=1S/C17H19NO6/c1-8(19)14(9(2)20)15-10-6-12(23-4)13(24-5)7-11(10)16(21)17(22)18(15)3/h6-7,19,21H,1-5H3/b14-8-. The summed E-state index contributed by atoms with van der Waals surface area (Å²) in [6, 6.07) is 3.01. The molecule has 2 rings (SSSR count). The Morgan fingerprint density at radius 3 is 2.00 bits per heavy atom. The Balaban J connectivity index is 3.12. The van der Waals surface area contributed by atoms with Gasteiger partial charge < -0.3 is 24.3 Å². The second kappa shape index (κ2) is 6.27. The Hall–Kier alpha value is -2.96. The minimum atomic E-state index is -0.690. The van der Waals surface area contributed by atoms with Gasteiger partial charge in [0.2, 0.25) is 0 Å². The lowest BCUT2D eigenvalue weighted by atomic mass is 9.99. The smallest absolute Gasteiger partial charge is 0.293 e. The summed E-state index contributed by atoms with van der Waals surface area (Å²) in [5.41, 5.74) is -0.502. The van der Waals surface area contributed by atoms with E-state index in [0.717, 1.165) is 4.57 Å². The van der Waals surface area contributed by atoms with Crippen molar-refractivity contribution in [1.29, 1.82) is 0 Å². The lowest BCUT2D eigenvalue weighted by molar-refractivity contribution is -0.111. The summed E-state index contributed by atoms with van der Waals surface area (Å²) >= 11 is 0. The maximum atomic E-state index is 12.3. The third kappa shape index (κ3) is 2.58. The maximum Gasteiger partial charge on any atom is 0.293 e. The van der Waals surface area contributed by atoms with Gasteiger partial charge >= 0.3 is 0 Å². The Kier molecular flexibility index (Phi) is 4.54. The van der Waals surface area contributed by atoms with Crippen LogP contribution in [0, 0.1) is 0 Å². The van der Waals surface area contributed by atoms with Gasteiger partial charge in [0.15, 0.2) is 23.0 Å². The molecule has 0 atom stereocenters. The van der Waals surface area contributed by atoms with Crippen molar-refractivity contribution >= 4 is 22.1 Å². The molecule has 0 saturated carbocycles. The van der Waals surface area contributed by atoms with Crippen molar-refractivity contribution in [2.24, 2.45) is 7.05 Å². The van der Waals surface area contributed by atoms with E-state index in [1.54, 1.807) is 6.07 Å². The molecular formula is C17H19NO6. The van der Waals surface area contributed by atoms with Gasteiger partial charge in [-0.2, -0.15) is 0 Å². The number of aromatic nitrogens is 1. The molecule has 0 saturated heterocycles. The number of pyridine rings is 1. The average molecular weight is 333 g/mol. The zero-order valence-electron chi connectivity index (χ0n) is 14.1. The number of rotatable bonds is 4. The first kappa shape index (κ1) is 17.4. The number of ether oxygens (including phenoxy) is 2. The highest BCUT2D eigenvalue weighted by molar-refractivity contribution is 6.23. The molecule has 24 heavy (non-hydrogen) atoms. The first-order valence-electron chi connectivity index (χ1n) is 7.13. The largest absolute Gasteiger partial charge is 0.512 e. The Bertz CT molecular complexity index is 919. The van der Waals surface area contributed by atoms with Crippen molar-refractivity contribution in [3.8, 4) is 17.2 Å². The normalized spacial score (nSPS) is 12.0. The van der Waals surface area contributed by atoms with Gasteiger partial charge in [0.1, 0.15) is 5.76 Å². The van der Waals surface area contributed by atoms with Crippen molar-refractivity contribution in [2.75, 3.05) is 14.2 Å². The minimum Gasteiger partial charge on any atom is -0.512 e. The highest BCUT2D eigenvalue weighted by Gasteiger charge is 2.23. The van der Waals surface area contributed by atoms with E-state index in [9.17, 15) is 19.8 Å². The van der Waals surface area contributed by atoms with Crippen LogP contribution in [0.2, 0.25) is 0 Å². The number of nitrogens with zero attached hydrogens (tertiary/aromatic N) is 1. The number of aliphatic hydroxyl groups excluding tert-OH is 1. The summed E-state index contributed by atoms with van der Waals surface area (Å²) < 4.78 is 11.6. The van der Waals surface area contributed by atoms with Gasteiger partial charge in [-0.3, -0.25) is 9.59 Å². The minimum absolute atomic E-state index is 0.00757. The lowest BCUT2D eigenvalue weighted by Crippen LogP contribution is -2.22. The molecule has 0 spiro atoms. The molecule has 7 nitrogen and oxygen atoms in total. The van der Waals surface area contributed by atoms with Gasteiger partial charge in [-0.15, -0.1) is 0 Å². The van der Waals surface area contributed by atoms with Crippen molar-refractivity contribution < 1.29 is 24.5 Å². The molecule has 2 N–H and O–H groups in total. The number of allylic oxidation sites excluding steroid dienone is 2. The maximum absolute atomic E-state index is 12.3. The van der Waals surface area contributed by atoms with Gasteiger partial charge in [0.05, 0.1) is 25.5 Å². The third-order valence-electron chi connectivity index (χ3n) is 3.83. The number of methoxy groups -OCH3 is 2. The lowest BCUT2D eigenvalue weighted by Gasteiger charge is -2.17. The summed E-state index contributed by atoms with van der Waals surface area (Å²) in [5, 5.41) is 20.7. The molecule has 0 aliphatic heterocycles. The second-order valence-electron chi connectivity index (χ2n) is 5.33. The van der Waals surface area contributed by atoms with Crippen LogP contribution in [-0.2, 0) is 11.8 Å². The molecule has 7 heteroatoms. The topological polar surface area (TPSA) is 98.0 Å². The molecule has 0 radical (unpaired) electrons. The Morgan fingerprint density at radius 2 is 1.58 bits per heavy atom. The molecule has 1 aromatic heterocycles. The molecule has 0 amide bonds. The van der Waals surface area contributed by atoms with E-state index in [4.69, 9.17) is 9.47 Å². The zero-order valence-corrected chi connectivity index (χ0v) is 14.1. The average Bonchev–Trinajstić information content (AvgIpc) is 2.54. The number of carbonyl (C=O) groups excluding carboxylic acids is 1. The van der Waals surface area contributed by atoms with Gasteiger partial charge in [-0.05, 0) is 26.0 Å². The van der Waals surface area contributed by atoms with Gasteiger partial charge in [0.25, 0.3) is 5.56 Å². The SMILES string of the molecule is COc1cc2c(O)c(=O)n(C)c(/C(C(C)=O)=C(/C)O)c2cc1OC. The molecule has 2 aromatic rings. The Morgan fingerprint density at radius 1 is 1.08 bits per heavy atom. The predicted octanol–water partition coefficient (Wildman–Crippen LogP) is 2.14. The van der Waals surface area contributed by atoms with Crippen LogP contribution in [0.25, 0.3) is 16.3 Å². The van der Waals surface area contributed by atoms with E-state index in [1.165, 1.54) is 41.2 Å². The van der Waals surface area contributed by atoms with Crippen LogP contribution in [-0.4, -0.2) is 34.8 Å². The molecule has 0 bridgehead atoms. The fraction of sp³-hybridized carbons (Fsp3) is 0.294. The van der Waals surface area contributed by atoms with E-state index < -0.39 is 17.1 Å². The van der Waals surface area contributed by atoms with Crippen LogP contribution < -0.4 is 15.0 Å². The van der Waals surface area contributed by atoms with Gasteiger partial charge in [-0.25, -0.2) is 0 Å². The van der Waals surface area contributed by atoms with Crippen LogP contribution in [0.3, 0.4) is 0 Å². The van der Waals surface area contributed by atoms with Gasteiger partial charge in [0, 0.05) is 17.8 Å². The number of Topliss-reactive ketones (excluding diaryl/α,β-unsaturated/α-hetero) is 1. The predicted molar refractivity (Wildman–Crippen MR) is 89.9 cm³/mol. The number of hydrogen-bond donors (Lipinski definition) is 2. The molecule has 128 valence electrons. The summed E-state index contributed by atoms with van der Waals surface area (Å²) in [7, 11) is 4.30. The number of benzene rings is 1. The van der Waals surface area contributed by atoms with Crippen LogP contribution in [0.1, 0.15) is 19.5 Å². The van der Waals surface area contributed by atoms with E-state index in [0.29, 0.717) is 16.9 Å². The van der Waals surface area contributed by atoms with E-state index in [-0.39, 0.29) is 22.4 Å². The fourth-order valence-corrected chi connectivity index (χ4v) is 2.72. The molecule has 0 aliphatic carbocycles. The van der Waals surface area contributed by atoms with Crippen LogP contribution in [0.4, 0.5) is 0 Å². The van der Waals surface area contributed by atoms with Gasteiger partial charge in [-0.1, -0.05) is 0 Å². The van der Waals surface area contributed by atoms with Crippen molar-refractivity contribution in [1.82, 2.24) is 4.57 Å². The number of carbonyl (C=O) groups is 1. The zero-order chi connectivity index (χ0) is 18.2. The highest BCUT2D eigenvalue weighted by atomic mass is 16.5. The number of fused-ring (bicyclic) bond motifs is 1. The van der Waals surface area contributed by atoms with Crippen molar-refractivity contribution in [2.45, 2.75) is 13.8 Å². The molecule has 0 fully saturated rings. The first-order valence-corrected chi connectivity index (χ1v) is 7.13. The highest BCUT2D eigenvalue weighted by Crippen LogP contribution is 2.38. The van der Waals surface area contributed by atoms with E-state index in [1.807, 2.05) is 0 Å². The van der Waals surface area contributed by atoms with E-state index in [2.05, 4.69) is 0 Å². The fourth-order valence-electron chi connectivity index (χ4n) is 2.72. The van der Waals surface area contributed by atoms with Crippen molar-refractivity contribution in [3.05, 3.63) is 33.9 Å². The molecule has 0 aliphatic rings. The first-order chi connectivity index (χ1) is 11.2.